The Hall–Kier alpha value is -1.69. The van der Waals surface area contributed by atoms with E-state index < -0.39 is 5.25 Å². The van der Waals surface area contributed by atoms with Gasteiger partial charge in [0.15, 0.2) is 5.58 Å². The lowest BCUT2D eigenvalue weighted by Gasteiger charge is -2.10. The lowest BCUT2D eigenvalue weighted by molar-refractivity contribution is -0.115. The van der Waals surface area contributed by atoms with Crippen LogP contribution in [-0.2, 0) is 4.79 Å². The Labute approximate surface area is 147 Å². The van der Waals surface area contributed by atoms with Crippen LogP contribution in [0.5, 0.6) is 0 Å². The number of para-hydroxylation sites is 1. The molecule has 0 saturated carbocycles. The second-order valence-corrected chi connectivity index (χ2v) is 6.96. The van der Waals surface area contributed by atoms with Gasteiger partial charge in [0.05, 0.1) is 16.0 Å². The first kappa shape index (κ1) is 16.2. The van der Waals surface area contributed by atoms with Gasteiger partial charge in [-0.15, -0.1) is 0 Å². The summed E-state index contributed by atoms with van der Waals surface area (Å²) in [5.74, 6) is -0.177. The van der Waals surface area contributed by atoms with Gasteiger partial charge in [0, 0.05) is 11.1 Å². The number of carbonyl (C=O) groups is 1. The fraction of sp³-hybridized carbons (Fsp3) is 0.125. The van der Waals surface area contributed by atoms with Crippen LogP contribution in [0.1, 0.15) is 6.92 Å². The third-order valence-electron chi connectivity index (χ3n) is 3.11. The topological polar surface area (TPSA) is 55.1 Å². The number of nitrogens with one attached hydrogen (secondary N) is 1. The van der Waals surface area contributed by atoms with E-state index in [9.17, 15) is 4.79 Å². The number of nitrogens with zero attached hydrogens (tertiary/aromatic N) is 1. The minimum absolute atomic E-state index is 0.177. The second kappa shape index (κ2) is 6.83. The highest BCUT2D eigenvalue weighted by molar-refractivity contribution is 8.00. The van der Waals surface area contributed by atoms with Gasteiger partial charge in [-0.1, -0.05) is 47.1 Å². The van der Waals surface area contributed by atoms with Crippen LogP contribution in [0.2, 0.25) is 10.0 Å². The molecule has 3 rings (SSSR count). The minimum atomic E-state index is -0.394. The number of hydrogen-bond donors (Lipinski definition) is 1. The van der Waals surface area contributed by atoms with Crippen molar-refractivity contribution in [3.63, 3.8) is 0 Å². The molecule has 1 atom stereocenters. The van der Waals surface area contributed by atoms with Gasteiger partial charge in [0.1, 0.15) is 5.52 Å². The van der Waals surface area contributed by atoms with Crippen LogP contribution in [0.25, 0.3) is 11.1 Å². The molecule has 0 saturated heterocycles. The van der Waals surface area contributed by atoms with Gasteiger partial charge < -0.3 is 9.73 Å². The van der Waals surface area contributed by atoms with Crippen molar-refractivity contribution in [2.45, 2.75) is 17.4 Å². The highest BCUT2D eigenvalue weighted by atomic mass is 35.5. The lowest BCUT2D eigenvalue weighted by Crippen LogP contribution is -2.22. The van der Waals surface area contributed by atoms with Crippen molar-refractivity contribution in [2.75, 3.05) is 5.32 Å². The standard InChI is InChI=1S/C16H12Cl2N2O2S/c1-9(15(21)19-12-5-3-2-4-11(12)18)23-16-20-13-7-6-10(17)8-14(13)22-16/h2-9H,1H3,(H,19,21)/t9-/m1/s1. The molecule has 1 heterocycles. The summed E-state index contributed by atoms with van der Waals surface area (Å²) in [5.41, 5.74) is 1.88. The number of anilines is 1. The molecular formula is C16H12Cl2N2O2S. The smallest absolute Gasteiger partial charge is 0.257 e. The summed E-state index contributed by atoms with van der Waals surface area (Å²) < 4.78 is 5.60. The van der Waals surface area contributed by atoms with Gasteiger partial charge in [-0.3, -0.25) is 4.79 Å². The summed E-state index contributed by atoms with van der Waals surface area (Å²) in [4.78, 5) is 16.6. The van der Waals surface area contributed by atoms with E-state index in [1.807, 2.05) is 6.07 Å². The maximum absolute atomic E-state index is 12.3. The van der Waals surface area contributed by atoms with Gasteiger partial charge in [-0.05, 0) is 31.2 Å². The van der Waals surface area contributed by atoms with E-state index in [4.69, 9.17) is 27.6 Å². The van der Waals surface area contributed by atoms with Crippen molar-refractivity contribution in [2.24, 2.45) is 0 Å². The van der Waals surface area contributed by atoms with Crippen molar-refractivity contribution in [1.82, 2.24) is 4.98 Å². The Kier molecular flexibility index (Phi) is 4.80. The SMILES string of the molecule is C[C@@H](Sc1nc2ccc(Cl)cc2o1)C(=O)Nc1ccccc1Cl. The Morgan fingerprint density at radius 1 is 1.26 bits per heavy atom. The summed E-state index contributed by atoms with van der Waals surface area (Å²) in [6.45, 7) is 1.78. The third kappa shape index (κ3) is 3.80. The van der Waals surface area contributed by atoms with E-state index >= 15 is 0 Å². The molecule has 0 bridgehead atoms. The van der Waals surface area contributed by atoms with Crippen LogP contribution < -0.4 is 5.32 Å². The number of halogens is 2. The van der Waals surface area contributed by atoms with Gasteiger partial charge in [-0.25, -0.2) is 4.98 Å². The van der Waals surface area contributed by atoms with E-state index in [2.05, 4.69) is 10.3 Å². The number of hydrogen-bond acceptors (Lipinski definition) is 4. The highest BCUT2D eigenvalue weighted by Gasteiger charge is 2.19. The molecule has 0 spiro atoms. The first-order valence-corrected chi connectivity index (χ1v) is 8.44. The third-order valence-corrected chi connectivity index (χ3v) is 4.62. The quantitative estimate of drug-likeness (QED) is 0.640. The molecule has 7 heteroatoms. The predicted molar refractivity (Wildman–Crippen MR) is 94.4 cm³/mol. The summed E-state index contributed by atoms with van der Waals surface area (Å²) >= 11 is 13.2. The Balaban J connectivity index is 1.71. The molecule has 0 aliphatic carbocycles. The monoisotopic (exact) mass is 366 g/mol. The lowest BCUT2D eigenvalue weighted by atomic mass is 10.3. The maximum Gasteiger partial charge on any atom is 0.257 e. The first-order chi connectivity index (χ1) is 11.0. The van der Waals surface area contributed by atoms with Crippen LogP contribution in [-0.4, -0.2) is 16.1 Å². The molecule has 1 aromatic heterocycles. The van der Waals surface area contributed by atoms with Crippen molar-refractivity contribution in [3.05, 3.63) is 52.5 Å². The molecule has 0 unspecified atom stereocenters. The fourth-order valence-electron chi connectivity index (χ4n) is 1.93. The van der Waals surface area contributed by atoms with Crippen molar-refractivity contribution in [1.29, 1.82) is 0 Å². The van der Waals surface area contributed by atoms with Crippen LogP contribution in [0.3, 0.4) is 0 Å². The minimum Gasteiger partial charge on any atom is -0.431 e. The number of fused-ring (bicyclic) bond motifs is 1. The number of amides is 1. The predicted octanol–water partition coefficient (Wildman–Crippen LogP) is 5.25. The van der Waals surface area contributed by atoms with Gasteiger partial charge in [0.25, 0.3) is 5.22 Å². The molecule has 3 aromatic rings. The van der Waals surface area contributed by atoms with E-state index in [0.717, 1.165) is 0 Å². The Morgan fingerprint density at radius 2 is 2.04 bits per heavy atom. The molecule has 0 aliphatic rings. The van der Waals surface area contributed by atoms with E-state index in [1.165, 1.54) is 11.8 Å². The summed E-state index contributed by atoms with van der Waals surface area (Å²) in [7, 11) is 0. The van der Waals surface area contributed by atoms with Crippen molar-refractivity contribution in [3.8, 4) is 0 Å². The number of thioether (sulfide) groups is 1. The van der Waals surface area contributed by atoms with Gasteiger partial charge >= 0.3 is 0 Å². The average Bonchev–Trinajstić information content (AvgIpc) is 2.90. The molecule has 2 aromatic carbocycles. The van der Waals surface area contributed by atoms with Crippen LogP contribution in [0.4, 0.5) is 5.69 Å². The zero-order valence-corrected chi connectivity index (χ0v) is 14.4. The van der Waals surface area contributed by atoms with E-state index in [1.54, 1.807) is 43.3 Å². The maximum atomic E-state index is 12.3. The molecule has 4 nitrogen and oxygen atoms in total. The Morgan fingerprint density at radius 3 is 2.83 bits per heavy atom. The Bertz CT molecular complexity index is 866. The molecule has 23 heavy (non-hydrogen) atoms. The van der Waals surface area contributed by atoms with E-state index in [-0.39, 0.29) is 5.91 Å². The summed E-state index contributed by atoms with van der Waals surface area (Å²) in [6.07, 6.45) is 0. The average molecular weight is 367 g/mol. The van der Waals surface area contributed by atoms with Crippen molar-refractivity contribution >= 4 is 57.7 Å². The number of oxazole rings is 1. The summed E-state index contributed by atoms with van der Waals surface area (Å²) in [5, 5.41) is 3.89. The molecule has 0 aliphatic heterocycles. The molecule has 0 radical (unpaired) electrons. The van der Waals surface area contributed by atoms with Crippen molar-refractivity contribution < 1.29 is 9.21 Å². The second-order valence-electron chi connectivity index (χ2n) is 4.82. The van der Waals surface area contributed by atoms with E-state index in [0.29, 0.717) is 32.1 Å². The molecule has 0 fully saturated rings. The highest BCUT2D eigenvalue weighted by Crippen LogP contribution is 2.29. The van der Waals surface area contributed by atoms with Crippen LogP contribution in [0.15, 0.2) is 52.1 Å². The molecule has 1 N–H and O–H groups in total. The van der Waals surface area contributed by atoms with Gasteiger partial charge in [-0.2, -0.15) is 0 Å². The summed E-state index contributed by atoms with van der Waals surface area (Å²) in [6, 6.07) is 12.3. The van der Waals surface area contributed by atoms with Gasteiger partial charge in [0.2, 0.25) is 5.91 Å². The molecular weight excluding hydrogens is 355 g/mol. The zero-order valence-electron chi connectivity index (χ0n) is 12.0. The van der Waals surface area contributed by atoms with Crippen LogP contribution in [0, 0.1) is 0 Å². The number of benzene rings is 2. The number of rotatable bonds is 4. The fourth-order valence-corrected chi connectivity index (χ4v) is 3.03. The zero-order chi connectivity index (χ0) is 16.4. The first-order valence-electron chi connectivity index (χ1n) is 6.81. The largest absolute Gasteiger partial charge is 0.431 e. The van der Waals surface area contributed by atoms with Crippen LogP contribution >= 0.6 is 35.0 Å². The molecule has 1 amide bonds. The molecule has 118 valence electrons. The number of aromatic nitrogens is 1. The number of carbonyl (C=O) groups excluding carboxylic acids is 1. The normalized spacial score (nSPS) is 12.3.